The Balaban J connectivity index is 0.00000242. The van der Waals surface area contributed by atoms with Crippen LogP contribution < -0.4 is 5.32 Å². The highest BCUT2D eigenvalue weighted by molar-refractivity contribution is 14.0. The fourth-order valence-corrected chi connectivity index (χ4v) is 4.17. The van der Waals surface area contributed by atoms with Crippen LogP contribution in [-0.2, 0) is 14.6 Å². The van der Waals surface area contributed by atoms with Crippen molar-refractivity contribution in [3.63, 3.8) is 0 Å². The van der Waals surface area contributed by atoms with Crippen molar-refractivity contribution in [3.05, 3.63) is 0 Å². The van der Waals surface area contributed by atoms with Gasteiger partial charge in [-0.25, -0.2) is 8.42 Å². The van der Waals surface area contributed by atoms with Crippen LogP contribution in [0.3, 0.4) is 0 Å². The molecule has 0 amide bonds. The number of nitrogens with zero attached hydrogens (tertiary/aromatic N) is 2. The van der Waals surface area contributed by atoms with Crippen LogP contribution in [0.25, 0.3) is 0 Å². The van der Waals surface area contributed by atoms with Crippen molar-refractivity contribution in [2.45, 2.75) is 37.4 Å². The zero-order chi connectivity index (χ0) is 15.3. The number of hydrogen-bond acceptors (Lipinski definition) is 4. The van der Waals surface area contributed by atoms with E-state index in [-0.39, 0.29) is 24.0 Å². The molecule has 2 fully saturated rings. The second-order valence-electron chi connectivity index (χ2n) is 5.93. The predicted octanol–water partition coefficient (Wildman–Crippen LogP) is 1.26. The molecule has 0 bridgehead atoms. The van der Waals surface area contributed by atoms with E-state index in [2.05, 4.69) is 15.2 Å². The minimum atomic E-state index is -3.16. The largest absolute Gasteiger partial charge is 0.381 e. The van der Waals surface area contributed by atoms with Crippen LogP contribution in [0.5, 0.6) is 0 Å². The first-order valence-corrected chi connectivity index (χ1v) is 9.68. The third-order valence-corrected chi connectivity index (χ3v) is 6.56. The lowest BCUT2D eigenvalue weighted by molar-refractivity contribution is 0.0767. The molecule has 0 unspecified atom stereocenters. The number of nitrogens with one attached hydrogen (secondary N) is 1. The maximum atomic E-state index is 12.2. The van der Waals surface area contributed by atoms with E-state index in [1.165, 1.54) is 19.1 Å². The van der Waals surface area contributed by atoms with Crippen molar-refractivity contribution >= 4 is 39.8 Å². The monoisotopic (exact) mass is 445 g/mol. The van der Waals surface area contributed by atoms with Gasteiger partial charge in [-0.2, -0.15) is 0 Å². The quantitative estimate of drug-likeness (QED) is 0.401. The van der Waals surface area contributed by atoms with Gasteiger partial charge in [0.2, 0.25) is 0 Å². The SMILES string of the molecule is CCNC(=NCC1(S(C)(=O)=O)CCOCC1)N1CCCC1.I. The van der Waals surface area contributed by atoms with E-state index in [4.69, 9.17) is 4.74 Å². The lowest BCUT2D eigenvalue weighted by Gasteiger charge is -2.34. The van der Waals surface area contributed by atoms with E-state index in [0.29, 0.717) is 32.6 Å². The second-order valence-corrected chi connectivity index (χ2v) is 8.34. The number of rotatable bonds is 4. The van der Waals surface area contributed by atoms with Gasteiger partial charge in [0.15, 0.2) is 15.8 Å². The van der Waals surface area contributed by atoms with Crippen molar-refractivity contribution in [3.8, 4) is 0 Å². The molecule has 0 aromatic rings. The zero-order valence-corrected chi connectivity index (χ0v) is 16.7. The van der Waals surface area contributed by atoms with Gasteiger partial charge in [0.1, 0.15) is 0 Å². The molecular weight excluding hydrogens is 417 g/mol. The molecule has 2 heterocycles. The highest BCUT2D eigenvalue weighted by Crippen LogP contribution is 2.29. The summed E-state index contributed by atoms with van der Waals surface area (Å²) < 4.78 is 29.1. The molecule has 1 N–H and O–H groups in total. The predicted molar refractivity (Wildman–Crippen MR) is 99.8 cm³/mol. The number of ether oxygens (including phenoxy) is 1. The number of sulfone groups is 1. The summed E-state index contributed by atoms with van der Waals surface area (Å²) in [6, 6.07) is 0. The summed E-state index contributed by atoms with van der Waals surface area (Å²) in [6.07, 6.45) is 4.76. The van der Waals surface area contributed by atoms with Crippen LogP contribution in [0.4, 0.5) is 0 Å². The molecular formula is C14H28IN3O3S. The lowest BCUT2D eigenvalue weighted by Crippen LogP contribution is -2.47. The highest BCUT2D eigenvalue weighted by atomic mass is 127. The third kappa shape index (κ3) is 4.70. The first-order chi connectivity index (χ1) is 9.98. The Labute approximate surface area is 151 Å². The third-order valence-electron chi connectivity index (χ3n) is 4.45. The summed E-state index contributed by atoms with van der Waals surface area (Å²) in [5.74, 6) is 0.851. The molecule has 0 aromatic carbocycles. The van der Waals surface area contributed by atoms with E-state index in [1.807, 2.05) is 6.92 Å². The summed E-state index contributed by atoms with van der Waals surface area (Å²) in [6.45, 7) is 6.16. The van der Waals surface area contributed by atoms with Crippen LogP contribution in [0.2, 0.25) is 0 Å². The highest BCUT2D eigenvalue weighted by Gasteiger charge is 2.42. The van der Waals surface area contributed by atoms with E-state index in [1.54, 1.807) is 0 Å². The lowest BCUT2D eigenvalue weighted by atomic mass is 9.99. The normalized spacial score (nSPS) is 22.3. The summed E-state index contributed by atoms with van der Waals surface area (Å²) in [5.41, 5.74) is 0. The van der Waals surface area contributed by atoms with E-state index in [9.17, 15) is 8.42 Å². The number of likely N-dealkylation sites (tertiary alicyclic amines) is 1. The van der Waals surface area contributed by atoms with Crippen molar-refractivity contribution in [2.75, 3.05) is 45.6 Å². The molecule has 2 rings (SSSR count). The fourth-order valence-electron chi connectivity index (χ4n) is 2.96. The Kier molecular flexibility index (Phi) is 7.87. The number of guanidine groups is 1. The van der Waals surface area contributed by atoms with Gasteiger partial charge in [-0.15, -0.1) is 24.0 Å². The van der Waals surface area contributed by atoms with Crippen LogP contribution in [0, 0.1) is 0 Å². The number of aliphatic imine (C=N–C) groups is 1. The van der Waals surface area contributed by atoms with Crippen LogP contribution >= 0.6 is 24.0 Å². The van der Waals surface area contributed by atoms with Gasteiger partial charge < -0.3 is 15.0 Å². The average Bonchev–Trinajstić information content (AvgIpc) is 2.97. The summed E-state index contributed by atoms with van der Waals surface area (Å²) in [5, 5.41) is 3.28. The Bertz CT molecular complexity index is 470. The Morgan fingerprint density at radius 1 is 1.27 bits per heavy atom. The molecule has 2 aliphatic rings. The fraction of sp³-hybridized carbons (Fsp3) is 0.929. The number of halogens is 1. The topological polar surface area (TPSA) is 71.0 Å². The molecule has 8 heteroatoms. The molecule has 6 nitrogen and oxygen atoms in total. The van der Waals surface area contributed by atoms with Gasteiger partial charge >= 0.3 is 0 Å². The Morgan fingerprint density at radius 3 is 2.36 bits per heavy atom. The number of hydrogen-bond donors (Lipinski definition) is 1. The van der Waals surface area contributed by atoms with Gasteiger partial charge in [0.25, 0.3) is 0 Å². The van der Waals surface area contributed by atoms with Crippen LogP contribution in [0.15, 0.2) is 4.99 Å². The van der Waals surface area contributed by atoms with Crippen LogP contribution in [-0.4, -0.2) is 69.7 Å². The smallest absolute Gasteiger partial charge is 0.193 e. The molecule has 22 heavy (non-hydrogen) atoms. The van der Waals surface area contributed by atoms with Gasteiger partial charge in [0.05, 0.1) is 11.3 Å². The molecule has 0 radical (unpaired) electrons. The minimum absolute atomic E-state index is 0. The van der Waals surface area contributed by atoms with E-state index in [0.717, 1.165) is 25.6 Å². The van der Waals surface area contributed by atoms with Gasteiger partial charge in [-0.05, 0) is 32.6 Å². The van der Waals surface area contributed by atoms with Crippen molar-refractivity contribution in [2.24, 2.45) is 4.99 Å². The Hall–Kier alpha value is -0.0900. The van der Waals surface area contributed by atoms with Gasteiger partial charge in [-0.3, -0.25) is 4.99 Å². The first kappa shape index (κ1) is 20.0. The maximum Gasteiger partial charge on any atom is 0.193 e. The molecule has 2 saturated heterocycles. The Morgan fingerprint density at radius 2 is 1.86 bits per heavy atom. The summed E-state index contributed by atoms with van der Waals surface area (Å²) in [7, 11) is -3.16. The van der Waals surface area contributed by atoms with Crippen LogP contribution in [0.1, 0.15) is 32.6 Å². The van der Waals surface area contributed by atoms with E-state index < -0.39 is 14.6 Å². The molecule has 130 valence electrons. The molecule has 0 aliphatic carbocycles. The molecule has 0 saturated carbocycles. The van der Waals surface area contributed by atoms with Crippen molar-refractivity contribution in [1.29, 1.82) is 0 Å². The standard InChI is InChI=1S/C14H27N3O3S.HI/c1-3-15-13(17-8-4-5-9-17)16-12-14(21(2,18)19)6-10-20-11-7-14;/h3-12H2,1-2H3,(H,15,16);1H. The summed E-state index contributed by atoms with van der Waals surface area (Å²) >= 11 is 0. The second kappa shape index (κ2) is 8.68. The van der Waals surface area contributed by atoms with E-state index >= 15 is 0 Å². The maximum absolute atomic E-state index is 12.2. The zero-order valence-electron chi connectivity index (χ0n) is 13.5. The summed E-state index contributed by atoms with van der Waals surface area (Å²) in [4.78, 5) is 6.88. The van der Waals surface area contributed by atoms with Crippen molar-refractivity contribution < 1.29 is 13.2 Å². The molecule has 0 spiro atoms. The first-order valence-electron chi connectivity index (χ1n) is 7.79. The average molecular weight is 445 g/mol. The van der Waals surface area contributed by atoms with Crippen molar-refractivity contribution in [1.82, 2.24) is 10.2 Å². The minimum Gasteiger partial charge on any atom is -0.381 e. The molecule has 0 aromatic heterocycles. The molecule has 0 atom stereocenters. The van der Waals surface area contributed by atoms with Gasteiger partial charge in [0, 0.05) is 39.1 Å². The molecule has 2 aliphatic heterocycles. The van der Waals surface area contributed by atoms with Gasteiger partial charge in [-0.1, -0.05) is 0 Å².